The van der Waals surface area contributed by atoms with Crippen LogP contribution in [0.3, 0.4) is 0 Å². The number of hydrogen-bond donors (Lipinski definition) is 1. The largest absolute Gasteiger partial charge is 0.465 e. The number of aliphatic hydroxyl groups is 1. The number of esters is 1. The van der Waals surface area contributed by atoms with Gasteiger partial charge in [0.1, 0.15) is 0 Å². The SMILES string of the molecule is CC(C)(C)C(=O)OCCC(O)CO[Si](C)(C)C(C)(C)C. The lowest BCUT2D eigenvalue weighted by atomic mass is 9.97. The predicted molar refractivity (Wildman–Crippen MR) is 84.2 cm³/mol. The van der Waals surface area contributed by atoms with E-state index in [2.05, 4.69) is 33.9 Å². The first-order chi connectivity index (χ1) is 8.77. The zero-order chi connectivity index (χ0) is 16.2. The van der Waals surface area contributed by atoms with Crippen LogP contribution < -0.4 is 0 Å². The Morgan fingerprint density at radius 1 is 1.15 bits per heavy atom. The molecule has 0 aromatic carbocycles. The Hall–Kier alpha value is -0.393. The Morgan fingerprint density at radius 3 is 2.05 bits per heavy atom. The van der Waals surface area contributed by atoms with Gasteiger partial charge in [0, 0.05) is 6.42 Å². The van der Waals surface area contributed by atoms with E-state index < -0.39 is 19.8 Å². The van der Waals surface area contributed by atoms with Gasteiger partial charge in [0.2, 0.25) is 0 Å². The molecular weight excluding hydrogens is 272 g/mol. The highest BCUT2D eigenvalue weighted by molar-refractivity contribution is 6.74. The van der Waals surface area contributed by atoms with E-state index in [0.717, 1.165) is 0 Å². The van der Waals surface area contributed by atoms with Gasteiger partial charge in [0.25, 0.3) is 0 Å². The summed E-state index contributed by atoms with van der Waals surface area (Å²) in [7, 11) is -1.83. The summed E-state index contributed by atoms with van der Waals surface area (Å²) in [4.78, 5) is 11.6. The highest BCUT2D eigenvalue weighted by Crippen LogP contribution is 2.36. The summed E-state index contributed by atoms with van der Waals surface area (Å²) in [6.07, 6.45) is -0.173. The highest BCUT2D eigenvalue weighted by atomic mass is 28.4. The maximum Gasteiger partial charge on any atom is 0.311 e. The summed E-state index contributed by atoms with van der Waals surface area (Å²) in [5.41, 5.74) is -0.497. The van der Waals surface area contributed by atoms with Crippen molar-refractivity contribution in [2.75, 3.05) is 13.2 Å². The Morgan fingerprint density at radius 2 is 1.65 bits per heavy atom. The van der Waals surface area contributed by atoms with Crippen molar-refractivity contribution in [1.29, 1.82) is 0 Å². The zero-order valence-corrected chi connectivity index (χ0v) is 15.4. The first-order valence-electron chi connectivity index (χ1n) is 7.26. The van der Waals surface area contributed by atoms with Gasteiger partial charge in [-0.05, 0) is 38.9 Å². The molecule has 1 atom stereocenters. The average Bonchev–Trinajstić information content (AvgIpc) is 2.23. The lowest BCUT2D eigenvalue weighted by molar-refractivity contribution is -0.153. The lowest BCUT2D eigenvalue weighted by Crippen LogP contribution is -2.42. The van der Waals surface area contributed by atoms with Gasteiger partial charge in [-0.1, -0.05) is 20.8 Å². The number of carbonyl (C=O) groups excluding carboxylic acids is 1. The van der Waals surface area contributed by atoms with Crippen LogP contribution in [0.25, 0.3) is 0 Å². The summed E-state index contributed by atoms with van der Waals surface area (Å²) < 4.78 is 11.1. The van der Waals surface area contributed by atoms with Crippen LogP contribution in [0.1, 0.15) is 48.0 Å². The van der Waals surface area contributed by atoms with Crippen LogP contribution in [-0.4, -0.2) is 38.7 Å². The van der Waals surface area contributed by atoms with Gasteiger partial charge in [-0.2, -0.15) is 0 Å². The Labute approximate surface area is 125 Å². The Balaban J connectivity index is 4.03. The van der Waals surface area contributed by atoms with Crippen molar-refractivity contribution in [3.8, 4) is 0 Å². The van der Waals surface area contributed by atoms with Crippen LogP contribution in [0.2, 0.25) is 18.1 Å². The molecule has 0 radical (unpaired) electrons. The van der Waals surface area contributed by atoms with E-state index in [1.54, 1.807) is 0 Å². The zero-order valence-electron chi connectivity index (χ0n) is 14.4. The van der Waals surface area contributed by atoms with E-state index >= 15 is 0 Å². The number of hydrogen-bond acceptors (Lipinski definition) is 4. The number of carbonyl (C=O) groups is 1. The van der Waals surface area contributed by atoms with E-state index in [4.69, 9.17) is 9.16 Å². The molecular formula is C15H32O4Si. The molecule has 0 saturated heterocycles. The Kier molecular flexibility index (Phi) is 6.91. The fourth-order valence-electron chi connectivity index (χ4n) is 1.11. The van der Waals surface area contributed by atoms with Gasteiger partial charge < -0.3 is 14.3 Å². The van der Waals surface area contributed by atoms with Crippen LogP contribution in [0, 0.1) is 5.41 Å². The smallest absolute Gasteiger partial charge is 0.311 e. The van der Waals surface area contributed by atoms with Crippen LogP contribution >= 0.6 is 0 Å². The average molecular weight is 305 g/mol. The number of rotatable bonds is 6. The summed E-state index contributed by atoms with van der Waals surface area (Å²) >= 11 is 0. The molecule has 0 aliphatic carbocycles. The topological polar surface area (TPSA) is 55.8 Å². The van der Waals surface area contributed by atoms with E-state index in [1.165, 1.54) is 0 Å². The van der Waals surface area contributed by atoms with Crippen LogP contribution in [0.15, 0.2) is 0 Å². The second-order valence-corrected chi connectivity index (χ2v) is 12.7. The highest BCUT2D eigenvalue weighted by Gasteiger charge is 2.37. The third kappa shape index (κ3) is 6.86. The molecule has 0 bridgehead atoms. The van der Waals surface area contributed by atoms with Crippen molar-refractivity contribution in [3.63, 3.8) is 0 Å². The molecule has 0 heterocycles. The summed E-state index contributed by atoms with van der Waals surface area (Å²) in [5.74, 6) is -0.241. The summed E-state index contributed by atoms with van der Waals surface area (Å²) in [6.45, 7) is 16.8. The maximum atomic E-state index is 11.6. The molecule has 5 heteroatoms. The standard InChI is InChI=1S/C15H32O4Si/c1-14(2,3)13(17)18-10-9-12(16)11-19-20(7,8)15(4,5)6/h12,16H,9-11H2,1-8H3. The van der Waals surface area contributed by atoms with Gasteiger partial charge >= 0.3 is 5.97 Å². The quantitative estimate of drug-likeness (QED) is 0.604. The van der Waals surface area contributed by atoms with Gasteiger partial charge in [0.15, 0.2) is 8.32 Å². The molecule has 0 spiro atoms. The summed E-state index contributed by atoms with van der Waals surface area (Å²) in [6, 6.07) is 0. The third-order valence-electron chi connectivity index (χ3n) is 3.74. The third-order valence-corrected chi connectivity index (χ3v) is 8.24. The van der Waals surface area contributed by atoms with E-state index in [1.807, 2.05) is 20.8 Å². The monoisotopic (exact) mass is 304 g/mol. The molecule has 20 heavy (non-hydrogen) atoms. The van der Waals surface area contributed by atoms with Crippen molar-refractivity contribution in [2.24, 2.45) is 5.41 Å². The van der Waals surface area contributed by atoms with Crippen molar-refractivity contribution in [3.05, 3.63) is 0 Å². The van der Waals surface area contributed by atoms with Gasteiger partial charge in [0.05, 0.1) is 24.7 Å². The van der Waals surface area contributed by atoms with Crippen LogP contribution in [0.4, 0.5) is 0 Å². The molecule has 0 aromatic rings. The molecule has 120 valence electrons. The minimum atomic E-state index is -1.83. The lowest BCUT2D eigenvalue weighted by Gasteiger charge is -2.36. The molecule has 0 fully saturated rings. The van der Waals surface area contributed by atoms with Crippen LogP contribution in [0.5, 0.6) is 0 Å². The molecule has 0 rings (SSSR count). The Bertz CT molecular complexity index is 313. The maximum absolute atomic E-state index is 11.6. The summed E-state index contributed by atoms with van der Waals surface area (Å²) in [5, 5.41) is 10.0. The van der Waals surface area contributed by atoms with E-state index in [0.29, 0.717) is 13.0 Å². The minimum absolute atomic E-state index is 0.130. The fraction of sp³-hybridized carbons (Fsp3) is 0.933. The second-order valence-electron chi connectivity index (χ2n) is 7.90. The first-order valence-corrected chi connectivity index (χ1v) is 10.2. The van der Waals surface area contributed by atoms with Gasteiger partial charge in [-0.25, -0.2) is 0 Å². The van der Waals surface area contributed by atoms with Crippen molar-refractivity contribution < 1.29 is 19.1 Å². The second kappa shape index (κ2) is 7.05. The minimum Gasteiger partial charge on any atom is -0.465 e. The first kappa shape index (κ1) is 19.6. The predicted octanol–water partition coefficient (Wildman–Crippen LogP) is 3.35. The molecule has 0 aromatic heterocycles. The molecule has 0 aliphatic heterocycles. The van der Waals surface area contributed by atoms with Crippen molar-refractivity contribution in [1.82, 2.24) is 0 Å². The van der Waals surface area contributed by atoms with Crippen molar-refractivity contribution >= 4 is 14.3 Å². The normalized spacial score (nSPS) is 15.1. The van der Waals surface area contributed by atoms with Crippen molar-refractivity contribution in [2.45, 2.75) is 72.2 Å². The number of aliphatic hydroxyl groups excluding tert-OH is 1. The van der Waals surface area contributed by atoms with E-state index in [9.17, 15) is 9.90 Å². The number of ether oxygens (including phenoxy) is 1. The van der Waals surface area contributed by atoms with E-state index in [-0.39, 0.29) is 17.6 Å². The van der Waals surface area contributed by atoms with Gasteiger partial charge in [-0.15, -0.1) is 0 Å². The molecule has 1 unspecified atom stereocenters. The molecule has 0 amide bonds. The molecule has 0 aliphatic rings. The fourth-order valence-corrected chi connectivity index (χ4v) is 2.15. The molecule has 1 N–H and O–H groups in total. The van der Waals surface area contributed by atoms with Gasteiger partial charge in [-0.3, -0.25) is 4.79 Å². The molecule has 0 saturated carbocycles. The molecule has 4 nitrogen and oxygen atoms in total. The van der Waals surface area contributed by atoms with Crippen LogP contribution in [-0.2, 0) is 14.0 Å².